The highest BCUT2D eigenvalue weighted by Gasteiger charge is 2.24. The molecule has 1 aliphatic rings. The Bertz CT molecular complexity index is 903. The minimum Gasteiger partial charge on any atom is -0.494 e. The number of nitrogens with one attached hydrogen (secondary N) is 1. The summed E-state index contributed by atoms with van der Waals surface area (Å²) in [7, 11) is 0. The van der Waals surface area contributed by atoms with E-state index in [0.717, 1.165) is 35.5 Å². The summed E-state index contributed by atoms with van der Waals surface area (Å²) < 4.78 is 11.4. The Balaban J connectivity index is 1.30. The van der Waals surface area contributed by atoms with Crippen LogP contribution in [0.1, 0.15) is 42.4 Å². The molecule has 2 aromatic rings. The predicted molar refractivity (Wildman–Crippen MR) is 125 cm³/mol. The molecule has 172 valence electrons. The Hall–Kier alpha value is -3.02. The number of benzene rings is 2. The van der Waals surface area contributed by atoms with Crippen LogP contribution in [-0.2, 0) is 9.59 Å². The van der Waals surface area contributed by atoms with Gasteiger partial charge < -0.3 is 19.7 Å². The first-order chi connectivity index (χ1) is 15.4. The zero-order chi connectivity index (χ0) is 22.9. The maximum atomic E-state index is 12.5. The molecule has 2 aromatic carbocycles. The van der Waals surface area contributed by atoms with Crippen LogP contribution >= 0.6 is 0 Å². The van der Waals surface area contributed by atoms with Gasteiger partial charge in [-0.1, -0.05) is 29.8 Å². The van der Waals surface area contributed by atoms with E-state index >= 15 is 0 Å². The molecule has 1 aliphatic heterocycles. The highest BCUT2D eigenvalue weighted by molar-refractivity contribution is 5.78. The van der Waals surface area contributed by atoms with Gasteiger partial charge in [-0.3, -0.25) is 9.59 Å². The van der Waals surface area contributed by atoms with Crippen molar-refractivity contribution >= 4 is 11.8 Å². The van der Waals surface area contributed by atoms with E-state index in [9.17, 15) is 9.59 Å². The van der Waals surface area contributed by atoms with Crippen molar-refractivity contribution in [3.8, 4) is 11.5 Å². The Kier molecular flexibility index (Phi) is 8.54. The fraction of sp³-hybridized carbons (Fsp3) is 0.462. The Morgan fingerprint density at radius 2 is 1.72 bits per heavy atom. The Morgan fingerprint density at radius 1 is 1.00 bits per heavy atom. The van der Waals surface area contributed by atoms with E-state index in [0.29, 0.717) is 32.5 Å². The third-order valence-corrected chi connectivity index (χ3v) is 5.96. The van der Waals surface area contributed by atoms with Crippen molar-refractivity contribution in [1.82, 2.24) is 10.2 Å². The number of carbonyl (C=O) groups is 2. The van der Waals surface area contributed by atoms with Crippen LogP contribution in [0, 0.1) is 20.8 Å². The maximum Gasteiger partial charge on any atom is 0.260 e. The number of piperidine rings is 1. The molecule has 0 aromatic heterocycles. The fourth-order valence-corrected chi connectivity index (χ4v) is 3.74. The Morgan fingerprint density at radius 3 is 2.44 bits per heavy atom. The van der Waals surface area contributed by atoms with Crippen molar-refractivity contribution in [2.45, 2.75) is 52.5 Å². The third-order valence-electron chi connectivity index (χ3n) is 5.96. The van der Waals surface area contributed by atoms with Gasteiger partial charge >= 0.3 is 0 Å². The zero-order valence-corrected chi connectivity index (χ0v) is 19.4. The second kappa shape index (κ2) is 11.6. The normalized spacial score (nSPS) is 14.2. The molecule has 0 unspecified atom stereocenters. The van der Waals surface area contributed by atoms with Crippen molar-refractivity contribution in [3.05, 3.63) is 59.2 Å². The van der Waals surface area contributed by atoms with E-state index in [1.54, 1.807) is 0 Å². The van der Waals surface area contributed by atoms with Crippen LogP contribution in [0.5, 0.6) is 11.5 Å². The number of hydrogen-bond acceptors (Lipinski definition) is 4. The van der Waals surface area contributed by atoms with Crippen LogP contribution in [-0.4, -0.2) is 49.1 Å². The first-order valence-electron chi connectivity index (χ1n) is 11.4. The number of amides is 2. The molecule has 0 bridgehead atoms. The van der Waals surface area contributed by atoms with E-state index in [4.69, 9.17) is 9.47 Å². The molecule has 1 fully saturated rings. The van der Waals surface area contributed by atoms with Gasteiger partial charge in [0.25, 0.3) is 5.91 Å². The van der Waals surface area contributed by atoms with E-state index in [2.05, 4.69) is 5.32 Å². The van der Waals surface area contributed by atoms with Crippen LogP contribution in [0.2, 0.25) is 0 Å². The number of aryl methyl sites for hydroxylation is 2. The smallest absolute Gasteiger partial charge is 0.260 e. The zero-order valence-electron chi connectivity index (χ0n) is 19.4. The summed E-state index contributed by atoms with van der Waals surface area (Å²) in [5, 5.41) is 3.09. The molecule has 0 spiro atoms. The van der Waals surface area contributed by atoms with Gasteiger partial charge in [-0.2, -0.15) is 0 Å². The fourth-order valence-electron chi connectivity index (χ4n) is 3.74. The van der Waals surface area contributed by atoms with Crippen LogP contribution in [0.15, 0.2) is 42.5 Å². The number of carbonyl (C=O) groups excluding carboxylic acids is 2. The largest absolute Gasteiger partial charge is 0.494 e. The van der Waals surface area contributed by atoms with Gasteiger partial charge in [0, 0.05) is 25.6 Å². The molecule has 0 atom stereocenters. The average molecular weight is 439 g/mol. The first kappa shape index (κ1) is 23.6. The summed E-state index contributed by atoms with van der Waals surface area (Å²) in [6.45, 7) is 7.89. The van der Waals surface area contributed by atoms with Crippen molar-refractivity contribution in [3.63, 3.8) is 0 Å². The van der Waals surface area contributed by atoms with Crippen LogP contribution in [0.25, 0.3) is 0 Å². The van der Waals surface area contributed by atoms with Crippen molar-refractivity contribution in [1.29, 1.82) is 0 Å². The average Bonchev–Trinajstić information content (AvgIpc) is 2.79. The van der Waals surface area contributed by atoms with Gasteiger partial charge in [0.05, 0.1) is 6.61 Å². The molecule has 1 saturated heterocycles. The topological polar surface area (TPSA) is 67.9 Å². The summed E-state index contributed by atoms with van der Waals surface area (Å²) in [4.78, 5) is 26.6. The number of nitrogens with zero attached hydrogens (tertiary/aromatic N) is 1. The summed E-state index contributed by atoms with van der Waals surface area (Å²) in [5.74, 6) is 1.62. The minimum absolute atomic E-state index is 0.0102. The SMILES string of the molecule is Cc1ccc(OCCCC(=O)NC2CCN(C(=O)COc3cccc(C)c3C)CC2)cc1. The molecule has 3 rings (SSSR count). The van der Waals surface area contributed by atoms with Gasteiger partial charge in [0.2, 0.25) is 5.91 Å². The minimum atomic E-state index is -0.0102. The number of rotatable bonds is 9. The first-order valence-corrected chi connectivity index (χ1v) is 11.4. The van der Waals surface area contributed by atoms with Gasteiger partial charge in [-0.15, -0.1) is 0 Å². The second-order valence-corrected chi connectivity index (χ2v) is 8.47. The van der Waals surface area contributed by atoms with Crippen molar-refractivity contribution < 1.29 is 19.1 Å². The Labute approximate surface area is 190 Å². The molecule has 32 heavy (non-hydrogen) atoms. The second-order valence-electron chi connectivity index (χ2n) is 8.47. The van der Waals surface area contributed by atoms with Gasteiger partial charge in [0.15, 0.2) is 6.61 Å². The number of hydrogen-bond donors (Lipinski definition) is 1. The standard InChI is InChI=1S/C26H34N2O4/c1-19-9-11-23(12-10-19)31-17-5-8-25(29)27-22-13-15-28(16-14-22)26(30)18-32-24-7-4-6-20(2)21(24)3/h4,6-7,9-12,22H,5,8,13-18H2,1-3H3,(H,27,29). The van der Waals surface area contributed by atoms with E-state index in [1.807, 2.05) is 68.1 Å². The van der Waals surface area contributed by atoms with Gasteiger partial charge in [-0.05, 0) is 69.4 Å². The molecule has 0 radical (unpaired) electrons. The lowest BCUT2D eigenvalue weighted by molar-refractivity contribution is -0.134. The molecule has 6 nitrogen and oxygen atoms in total. The third kappa shape index (κ3) is 7.01. The molecule has 0 aliphatic carbocycles. The highest BCUT2D eigenvalue weighted by Crippen LogP contribution is 2.21. The molecule has 0 saturated carbocycles. The summed E-state index contributed by atoms with van der Waals surface area (Å²) in [6.07, 6.45) is 2.64. The van der Waals surface area contributed by atoms with Crippen LogP contribution < -0.4 is 14.8 Å². The van der Waals surface area contributed by atoms with Crippen molar-refractivity contribution in [2.75, 3.05) is 26.3 Å². The number of likely N-dealkylation sites (tertiary alicyclic amines) is 1. The monoisotopic (exact) mass is 438 g/mol. The summed E-state index contributed by atoms with van der Waals surface area (Å²) in [5.41, 5.74) is 3.40. The quantitative estimate of drug-likeness (QED) is 0.602. The number of ether oxygens (including phenoxy) is 2. The molecular weight excluding hydrogens is 404 g/mol. The van der Waals surface area contributed by atoms with E-state index in [-0.39, 0.29) is 24.5 Å². The lowest BCUT2D eigenvalue weighted by Crippen LogP contribution is -2.47. The van der Waals surface area contributed by atoms with Gasteiger partial charge in [-0.25, -0.2) is 0 Å². The summed E-state index contributed by atoms with van der Waals surface area (Å²) in [6, 6.07) is 13.9. The molecule has 6 heteroatoms. The highest BCUT2D eigenvalue weighted by atomic mass is 16.5. The van der Waals surface area contributed by atoms with Crippen LogP contribution in [0.3, 0.4) is 0 Å². The molecule has 2 amide bonds. The lowest BCUT2D eigenvalue weighted by Gasteiger charge is -2.32. The van der Waals surface area contributed by atoms with E-state index in [1.165, 1.54) is 5.56 Å². The van der Waals surface area contributed by atoms with Crippen molar-refractivity contribution in [2.24, 2.45) is 0 Å². The maximum absolute atomic E-state index is 12.5. The molecule has 1 heterocycles. The van der Waals surface area contributed by atoms with Gasteiger partial charge in [0.1, 0.15) is 11.5 Å². The van der Waals surface area contributed by atoms with Crippen LogP contribution in [0.4, 0.5) is 0 Å². The molecule has 1 N–H and O–H groups in total. The summed E-state index contributed by atoms with van der Waals surface area (Å²) >= 11 is 0. The molecular formula is C26H34N2O4. The lowest BCUT2D eigenvalue weighted by atomic mass is 10.0. The predicted octanol–water partition coefficient (Wildman–Crippen LogP) is 3.96. The van der Waals surface area contributed by atoms with E-state index < -0.39 is 0 Å².